The second-order valence-electron chi connectivity index (χ2n) is 4.29. The van der Waals surface area contributed by atoms with Crippen molar-refractivity contribution in [1.82, 2.24) is 0 Å². The predicted octanol–water partition coefficient (Wildman–Crippen LogP) is 3.44. The van der Waals surface area contributed by atoms with Gasteiger partial charge in [-0.05, 0) is 35.9 Å². The van der Waals surface area contributed by atoms with Gasteiger partial charge in [0.2, 0.25) is 0 Å². The first-order chi connectivity index (χ1) is 10.2. The Kier molecular flexibility index (Phi) is 5.68. The third-order valence-electron chi connectivity index (χ3n) is 2.80. The van der Waals surface area contributed by atoms with Crippen LogP contribution in [0.1, 0.15) is 11.1 Å². The molecule has 0 unspecified atom stereocenters. The molecule has 0 radical (unpaired) electrons. The van der Waals surface area contributed by atoms with Crippen molar-refractivity contribution in [2.45, 2.75) is 10.6 Å². The molecule has 0 amide bonds. The molecule has 0 aliphatic rings. The standard InChI is InChI=1S/C17H16FNOS/c1-20-15-5-2-6-16(11-15)21-12-13-7-8-17(18)14(10-13)4-3-9-19/h2,5-8,10-11H,9,12,19H2,1H3. The first-order valence-electron chi connectivity index (χ1n) is 6.47. The zero-order valence-electron chi connectivity index (χ0n) is 11.7. The maximum absolute atomic E-state index is 13.6. The Labute approximate surface area is 128 Å². The molecule has 0 bridgehead atoms. The first-order valence-corrected chi connectivity index (χ1v) is 7.45. The zero-order valence-corrected chi connectivity index (χ0v) is 12.5. The van der Waals surface area contributed by atoms with Crippen LogP contribution in [0.5, 0.6) is 5.75 Å². The van der Waals surface area contributed by atoms with Crippen LogP contribution in [0.4, 0.5) is 4.39 Å². The van der Waals surface area contributed by atoms with Crippen LogP contribution >= 0.6 is 11.8 Å². The number of rotatable bonds is 4. The highest BCUT2D eigenvalue weighted by Crippen LogP contribution is 2.26. The van der Waals surface area contributed by atoms with E-state index in [0.717, 1.165) is 22.0 Å². The van der Waals surface area contributed by atoms with Crippen molar-refractivity contribution in [3.63, 3.8) is 0 Å². The predicted molar refractivity (Wildman–Crippen MR) is 84.9 cm³/mol. The molecule has 2 aromatic carbocycles. The number of hydrogen-bond donors (Lipinski definition) is 1. The van der Waals surface area contributed by atoms with E-state index in [-0.39, 0.29) is 12.4 Å². The molecule has 0 atom stereocenters. The summed E-state index contributed by atoms with van der Waals surface area (Å²) in [7, 11) is 1.64. The van der Waals surface area contributed by atoms with Crippen molar-refractivity contribution in [2.75, 3.05) is 13.7 Å². The molecule has 2 N–H and O–H groups in total. The number of thioether (sulfide) groups is 1. The lowest BCUT2D eigenvalue weighted by Crippen LogP contribution is -1.94. The summed E-state index contributed by atoms with van der Waals surface area (Å²) < 4.78 is 18.8. The average molecular weight is 301 g/mol. The van der Waals surface area contributed by atoms with Gasteiger partial charge in [-0.2, -0.15) is 0 Å². The second kappa shape index (κ2) is 7.72. The molecule has 21 heavy (non-hydrogen) atoms. The number of ether oxygens (including phenoxy) is 1. The summed E-state index contributed by atoms with van der Waals surface area (Å²) in [6.45, 7) is 0.224. The molecule has 108 valence electrons. The van der Waals surface area contributed by atoms with Crippen LogP contribution in [0.3, 0.4) is 0 Å². The lowest BCUT2D eigenvalue weighted by molar-refractivity contribution is 0.413. The molecule has 0 aliphatic heterocycles. The molecule has 2 nitrogen and oxygen atoms in total. The highest BCUT2D eigenvalue weighted by Gasteiger charge is 2.03. The fourth-order valence-corrected chi connectivity index (χ4v) is 2.65. The van der Waals surface area contributed by atoms with E-state index in [1.54, 1.807) is 31.0 Å². The van der Waals surface area contributed by atoms with Gasteiger partial charge < -0.3 is 10.5 Å². The minimum Gasteiger partial charge on any atom is -0.497 e. The van der Waals surface area contributed by atoms with Gasteiger partial charge in [-0.15, -0.1) is 11.8 Å². The first kappa shape index (κ1) is 15.4. The van der Waals surface area contributed by atoms with E-state index < -0.39 is 0 Å². The molecule has 0 spiro atoms. The monoisotopic (exact) mass is 301 g/mol. The molecule has 0 aromatic heterocycles. The number of halogens is 1. The minimum atomic E-state index is -0.314. The van der Waals surface area contributed by atoms with E-state index in [9.17, 15) is 4.39 Å². The molecule has 0 saturated heterocycles. The van der Waals surface area contributed by atoms with Crippen molar-refractivity contribution >= 4 is 11.8 Å². The maximum atomic E-state index is 13.6. The Morgan fingerprint density at radius 1 is 1.24 bits per heavy atom. The summed E-state index contributed by atoms with van der Waals surface area (Å²) in [6, 6.07) is 12.8. The van der Waals surface area contributed by atoms with E-state index in [4.69, 9.17) is 10.5 Å². The number of nitrogens with two attached hydrogens (primary N) is 1. The van der Waals surface area contributed by atoms with Gasteiger partial charge >= 0.3 is 0 Å². The molecule has 2 aromatic rings. The molecule has 0 fully saturated rings. The maximum Gasteiger partial charge on any atom is 0.138 e. The Hall–Kier alpha value is -1.96. The minimum absolute atomic E-state index is 0.224. The second-order valence-corrected chi connectivity index (χ2v) is 5.34. The fourth-order valence-electron chi connectivity index (χ4n) is 1.76. The van der Waals surface area contributed by atoms with Gasteiger partial charge in [0, 0.05) is 10.6 Å². The molecule has 0 saturated carbocycles. The van der Waals surface area contributed by atoms with Gasteiger partial charge in [0.15, 0.2) is 0 Å². The van der Waals surface area contributed by atoms with Gasteiger partial charge in [-0.3, -0.25) is 0 Å². The van der Waals surface area contributed by atoms with Crippen molar-refractivity contribution in [3.8, 4) is 17.6 Å². The van der Waals surface area contributed by atoms with Crippen LogP contribution in [0.25, 0.3) is 0 Å². The van der Waals surface area contributed by atoms with Crippen LogP contribution < -0.4 is 10.5 Å². The van der Waals surface area contributed by atoms with E-state index in [0.29, 0.717) is 5.56 Å². The van der Waals surface area contributed by atoms with Gasteiger partial charge in [-0.1, -0.05) is 24.0 Å². The molecular formula is C17H16FNOS. The van der Waals surface area contributed by atoms with E-state index in [2.05, 4.69) is 11.8 Å². The third-order valence-corrected chi connectivity index (χ3v) is 3.87. The lowest BCUT2D eigenvalue weighted by atomic mass is 10.1. The summed E-state index contributed by atoms with van der Waals surface area (Å²) >= 11 is 1.67. The number of methoxy groups -OCH3 is 1. The van der Waals surface area contributed by atoms with Gasteiger partial charge in [-0.25, -0.2) is 4.39 Å². The van der Waals surface area contributed by atoms with Crippen LogP contribution in [-0.4, -0.2) is 13.7 Å². The molecule has 4 heteroatoms. The van der Waals surface area contributed by atoms with Crippen LogP contribution in [0, 0.1) is 17.7 Å². The van der Waals surface area contributed by atoms with Crippen LogP contribution in [0.2, 0.25) is 0 Å². The lowest BCUT2D eigenvalue weighted by Gasteiger charge is -2.05. The molecule has 0 heterocycles. The van der Waals surface area contributed by atoms with E-state index >= 15 is 0 Å². The van der Waals surface area contributed by atoms with Crippen molar-refractivity contribution in [2.24, 2.45) is 5.73 Å². The SMILES string of the molecule is COc1cccc(SCc2ccc(F)c(C#CCN)c2)c1. The normalized spacial score (nSPS) is 9.86. The van der Waals surface area contributed by atoms with Crippen LogP contribution in [0.15, 0.2) is 47.4 Å². The van der Waals surface area contributed by atoms with Gasteiger partial charge in [0.05, 0.1) is 19.2 Å². The average Bonchev–Trinajstić information content (AvgIpc) is 2.53. The van der Waals surface area contributed by atoms with Crippen molar-refractivity contribution < 1.29 is 9.13 Å². The Morgan fingerprint density at radius 2 is 2.10 bits per heavy atom. The topological polar surface area (TPSA) is 35.2 Å². The fraction of sp³-hybridized carbons (Fsp3) is 0.176. The largest absolute Gasteiger partial charge is 0.497 e. The Balaban J connectivity index is 2.09. The summed E-state index contributed by atoms with van der Waals surface area (Å²) in [5, 5.41) is 0. The number of benzene rings is 2. The Bertz CT molecular complexity index is 676. The van der Waals surface area contributed by atoms with E-state index in [1.807, 2.05) is 24.3 Å². The zero-order chi connectivity index (χ0) is 15.1. The smallest absolute Gasteiger partial charge is 0.138 e. The molecular weight excluding hydrogens is 285 g/mol. The van der Waals surface area contributed by atoms with Crippen LogP contribution in [-0.2, 0) is 5.75 Å². The van der Waals surface area contributed by atoms with E-state index in [1.165, 1.54) is 6.07 Å². The van der Waals surface area contributed by atoms with Crippen molar-refractivity contribution in [1.29, 1.82) is 0 Å². The van der Waals surface area contributed by atoms with Gasteiger partial charge in [0.1, 0.15) is 11.6 Å². The molecule has 0 aliphatic carbocycles. The summed E-state index contributed by atoms with van der Waals surface area (Å²) in [5.74, 6) is 6.68. The highest BCUT2D eigenvalue weighted by molar-refractivity contribution is 7.98. The third kappa shape index (κ3) is 4.52. The summed E-state index contributed by atoms with van der Waals surface area (Å²) in [6.07, 6.45) is 0. The summed E-state index contributed by atoms with van der Waals surface area (Å²) in [5.41, 5.74) is 6.73. The molecule has 2 rings (SSSR count). The number of hydrogen-bond acceptors (Lipinski definition) is 3. The van der Waals surface area contributed by atoms with Crippen molar-refractivity contribution in [3.05, 3.63) is 59.4 Å². The quantitative estimate of drug-likeness (QED) is 0.694. The summed E-state index contributed by atoms with van der Waals surface area (Å²) in [4.78, 5) is 1.10. The highest BCUT2D eigenvalue weighted by atomic mass is 32.2. The Morgan fingerprint density at radius 3 is 2.86 bits per heavy atom. The van der Waals surface area contributed by atoms with Gasteiger partial charge in [0.25, 0.3) is 0 Å².